The van der Waals surface area contributed by atoms with Crippen LogP contribution in [0.3, 0.4) is 0 Å². The van der Waals surface area contributed by atoms with Gasteiger partial charge in [-0.2, -0.15) is 0 Å². The molecule has 0 amide bonds. The van der Waals surface area contributed by atoms with E-state index >= 15 is 0 Å². The van der Waals surface area contributed by atoms with Crippen LogP contribution in [-0.2, 0) is 13.0 Å². The Bertz CT molecular complexity index is 533. The Morgan fingerprint density at radius 2 is 1.94 bits per heavy atom. The Kier molecular flexibility index (Phi) is 2.33. The molecule has 0 saturated carbocycles. The molecule has 0 bridgehead atoms. The third-order valence-corrected chi connectivity index (χ3v) is 3.06. The van der Waals surface area contributed by atoms with Crippen LogP contribution in [0.5, 0.6) is 5.75 Å². The number of hydrogen-bond acceptors (Lipinski definition) is 4. The van der Waals surface area contributed by atoms with Crippen molar-refractivity contribution in [3.63, 3.8) is 0 Å². The minimum atomic E-state index is -0.306. The maximum atomic E-state index is 9.56. The number of hydrogen-bond donors (Lipinski definition) is 2. The molecule has 2 heterocycles. The highest BCUT2D eigenvalue weighted by atomic mass is 16.3. The van der Waals surface area contributed by atoms with E-state index in [0.717, 1.165) is 30.2 Å². The summed E-state index contributed by atoms with van der Waals surface area (Å²) in [7, 11) is 0. The fraction of sp³-hybridized carbons (Fsp3) is 0.333. The number of aromatic hydroxyl groups is 1. The fourth-order valence-electron chi connectivity index (χ4n) is 2.14. The van der Waals surface area contributed by atoms with Gasteiger partial charge in [0.05, 0.1) is 6.10 Å². The van der Waals surface area contributed by atoms with Crippen LogP contribution in [-0.4, -0.2) is 31.1 Å². The molecule has 2 N–H and O–H groups in total. The SMILES string of the molecule is Oc1ccc(-c2nnc3n2CCC(O)C3)cc1. The van der Waals surface area contributed by atoms with E-state index in [0.29, 0.717) is 6.42 Å². The van der Waals surface area contributed by atoms with Gasteiger partial charge in [0, 0.05) is 18.5 Å². The monoisotopic (exact) mass is 231 g/mol. The van der Waals surface area contributed by atoms with Gasteiger partial charge in [0.1, 0.15) is 11.6 Å². The Hall–Kier alpha value is -1.88. The molecule has 0 aliphatic carbocycles. The molecule has 88 valence electrons. The molecule has 1 aromatic carbocycles. The second-order valence-electron chi connectivity index (χ2n) is 4.28. The number of phenols is 1. The number of aromatic nitrogens is 3. The Morgan fingerprint density at radius 3 is 2.71 bits per heavy atom. The van der Waals surface area contributed by atoms with Crippen molar-refractivity contribution in [1.82, 2.24) is 14.8 Å². The van der Waals surface area contributed by atoms with Gasteiger partial charge in [-0.3, -0.25) is 0 Å². The summed E-state index contributed by atoms with van der Waals surface area (Å²) in [6.07, 6.45) is 0.987. The van der Waals surface area contributed by atoms with Crippen LogP contribution in [0.2, 0.25) is 0 Å². The summed E-state index contributed by atoms with van der Waals surface area (Å²) < 4.78 is 2.03. The standard InChI is InChI=1S/C12H13N3O2/c16-9-3-1-8(2-4-9)12-14-13-11-7-10(17)5-6-15(11)12/h1-4,10,16-17H,5-7H2. The summed E-state index contributed by atoms with van der Waals surface area (Å²) in [6.45, 7) is 0.736. The average Bonchev–Trinajstić information content (AvgIpc) is 2.73. The first-order valence-electron chi connectivity index (χ1n) is 5.63. The molecule has 0 radical (unpaired) electrons. The van der Waals surface area contributed by atoms with E-state index in [1.165, 1.54) is 0 Å². The van der Waals surface area contributed by atoms with Gasteiger partial charge in [-0.05, 0) is 30.7 Å². The van der Waals surface area contributed by atoms with Crippen molar-refractivity contribution in [2.24, 2.45) is 0 Å². The molecule has 2 aromatic rings. The number of nitrogens with zero attached hydrogens (tertiary/aromatic N) is 3. The summed E-state index contributed by atoms with van der Waals surface area (Å²) >= 11 is 0. The second-order valence-corrected chi connectivity index (χ2v) is 4.28. The normalized spacial score (nSPS) is 19.0. The minimum absolute atomic E-state index is 0.238. The van der Waals surface area contributed by atoms with Crippen LogP contribution < -0.4 is 0 Å². The summed E-state index contributed by atoms with van der Waals surface area (Å²) in [4.78, 5) is 0. The van der Waals surface area contributed by atoms with E-state index in [-0.39, 0.29) is 11.9 Å². The third kappa shape index (κ3) is 1.78. The quantitative estimate of drug-likeness (QED) is 0.766. The predicted molar refractivity (Wildman–Crippen MR) is 61.5 cm³/mol. The molecule has 1 unspecified atom stereocenters. The van der Waals surface area contributed by atoms with Crippen molar-refractivity contribution >= 4 is 0 Å². The molecule has 1 aromatic heterocycles. The van der Waals surface area contributed by atoms with Crippen molar-refractivity contribution in [1.29, 1.82) is 0 Å². The molecule has 3 rings (SSSR count). The van der Waals surface area contributed by atoms with E-state index in [4.69, 9.17) is 0 Å². The lowest BCUT2D eigenvalue weighted by atomic mass is 10.1. The molecule has 1 atom stereocenters. The molecular weight excluding hydrogens is 218 g/mol. The molecule has 17 heavy (non-hydrogen) atoms. The number of benzene rings is 1. The molecule has 0 fully saturated rings. The number of aliphatic hydroxyl groups is 1. The number of rotatable bonds is 1. The highest BCUT2D eigenvalue weighted by Gasteiger charge is 2.21. The lowest BCUT2D eigenvalue weighted by Crippen LogP contribution is -2.23. The van der Waals surface area contributed by atoms with Crippen LogP contribution in [0.4, 0.5) is 0 Å². The molecule has 1 aliphatic rings. The van der Waals surface area contributed by atoms with E-state index in [2.05, 4.69) is 10.2 Å². The number of phenolic OH excluding ortho intramolecular Hbond substituents is 1. The summed E-state index contributed by atoms with van der Waals surface area (Å²) in [6, 6.07) is 6.90. The van der Waals surface area contributed by atoms with Gasteiger partial charge in [-0.1, -0.05) is 0 Å². The van der Waals surface area contributed by atoms with E-state index in [9.17, 15) is 10.2 Å². The molecular formula is C12H13N3O2. The van der Waals surface area contributed by atoms with Crippen LogP contribution in [0, 0.1) is 0 Å². The zero-order valence-corrected chi connectivity index (χ0v) is 9.24. The lowest BCUT2D eigenvalue weighted by Gasteiger charge is -2.19. The van der Waals surface area contributed by atoms with Gasteiger partial charge >= 0.3 is 0 Å². The summed E-state index contributed by atoms with van der Waals surface area (Å²) in [5, 5.41) is 27.1. The predicted octanol–water partition coefficient (Wildman–Crippen LogP) is 0.958. The van der Waals surface area contributed by atoms with Gasteiger partial charge in [0.25, 0.3) is 0 Å². The van der Waals surface area contributed by atoms with Gasteiger partial charge in [-0.15, -0.1) is 10.2 Å². The van der Waals surface area contributed by atoms with Crippen molar-refractivity contribution < 1.29 is 10.2 Å². The van der Waals surface area contributed by atoms with Crippen LogP contribution >= 0.6 is 0 Å². The summed E-state index contributed by atoms with van der Waals surface area (Å²) in [5.41, 5.74) is 0.929. The number of aliphatic hydroxyl groups excluding tert-OH is 1. The second kappa shape index (κ2) is 3.85. The van der Waals surface area contributed by atoms with Crippen LogP contribution in [0.1, 0.15) is 12.2 Å². The van der Waals surface area contributed by atoms with Crippen LogP contribution in [0.25, 0.3) is 11.4 Å². The highest BCUT2D eigenvalue weighted by Crippen LogP contribution is 2.24. The first-order valence-corrected chi connectivity index (χ1v) is 5.63. The maximum Gasteiger partial charge on any atom is 0.163 e. The smallest absolute Gasteiger partial charge is 0.163 e. The van der Waals surface area contributed by atoms with Gasteiger partial charge in [0.2, 0.25) is 0 Å². The average molecular weight is 231 g/mol. The lowest BCUT2D eigenvalue weighted by molar-refractivity contribution is 0.142. The van der Waals surface area contributed by atoms with E-state index in [1.807, 2.05) is 16.7 Å². The van der Waals surface area contributed by atoms with E-state index in [1.54, 1.807) is 12.1 Å². The van der Waals surface area contributed by atoms with Crippen molar-refractivity contribution in [2.75, 3.05) is 0 Å². The third-order valence-electron chi connectivity index (χ3n) is 3.06. The van der Waals surface area contributed by atoms with Gasteiger partial charge < -0.3 is 14.8 Å². The molecule has 0 saturated heterocycles. The summed E-state index contributed by atoms with van der Waals surface area (Å²) in [5.74, 6) is 1.86. The van der Waals surface area contributed by atoms with Crippen molar-refractivity contribution in [2.45, 2.75) is 25.5 Å². The Balaban J connectivity index is 2.02. The van der Waals surface area contributed by atoms with Crippen molar-refractivity contribution in [3.05, 3.63) is 30.1 Å². The first-order chi connectivity index (χ1) is 8.24. The zero-order chi connectivity index (χ0) is 11.8. The molecule has 1 aliphatic heterocycles. The maximum absolute atomic E-state index is 9.56. The van der Waals surface area contributed by atoms with E-state index < -0.39 is 0 Å². The van der Waals surface area contributed by atoms with Crippen LogP contribution in [0.15, 0.2) is 24.3 Å². The Labute approximate surface area is 98.4 Å². The zero-order valence-electron chi connectivity index (χ0n) is 9.24. The first kappa shape index (κ1) is 10.3. The largest absolute Gasteiger partial charge is 0.508 e. The highest BCUT2D eigenvalue weighted by molar-refractivity contribution is 5.56. The minimum Gasteiger partial charge on any atom is -0.508 e. The molecule has 5 heteroatoms. The number of fused-ring (bicyclic) bond motifs is 1. The Morgan fingerprint density at radius 1 is 1.18 bits per heavy atom. The van der Waals surface area contributed by atoms with Crippen molar-refractivity contribution in [3.8, 4) is 17.1 Å². The topological polar surface area (TPSA) is 71.2 Å². The fourth-order valence-corrected chi connectivity index (χ4v) is 2.14. The molecule has 0 spiro atoms. The van der Waals surface area contributed by atoms with Gasteiger partial charge in [-0.25, -0.2) is 0 Å². The van der Waals surface area contributed by atoms with Gasteiger partial charge in [0.15, 0.2) is 5.82 Å². The molecule has 5 nitrogen and oxygen atoms in total.